The number of hydrazine groups is 1. The van der Waals surface area contributed by atoms with Gasteiger partial charge in [-0.3, -0.25) is 20.3 Å². The Morgan fingerprint density at radius 1 is 1.10 bits per heavy atom. The Bertz CT molecular complexity index is 550. The van der Waals surface area contributed by atoms with Crippen LogP contribution in [0, 0.1) is 0 Å². The van der Waals surface area contributed by atoms with Crippen LogP contribution in [0.15, 0.2) is 33.3 Å². The molecule has 0 aromatic heterocycles. The van der Waals surface area contributed by atoms with Crippen molar-refractivity contribution in [3.63, 3.8) is 0 Å². The Hall–Kier alpha value is -2.98. The van der Waals surface area contributed by atoms with E-state index in [1.165, 1.54) is 0 Å². The van der Waals surface area contributed by atoms with Crippen LogP contribution in [0.3, 0.4) is 0 Å². The molecule has 3 aliphatic rings. The predicted molar refractivity (Wildman–Crippen MR) is 69.0 cm³/mol. The van der Waals surface area contributed by atoms with E-state index >= 15 is 0 Å². The third kappa shape index (κ3) is 1.84. The van der Waals surface area contributed by atoms with Crippen LogP contribution in [0.5, 0.6) is 0 Å². The molecule has 8 N–H and O–H groups in total. The minimum Gasteiger partial charge on any atom is -0.379 e. The van der Waals surface area contributed by atoms with E-state index in [1.807, 2.05) is 5.01 Å². The number of nitrogens with zero attached hydrogens (tertiary/aromatic N) is 3. The summed E-state index contributed by atoms with van der Waals surface area (Å²) in [6.45, 7) is 2.79. The van der Waals surface area contributed by atoms with Gasteiger partial charge in [-0.1, -0.05) is 6.92 Å². The van der Waals surface area contributed by atoms with Gasteiger partial charge in [0, 0.05) is 6.54 Å². The van der Waals surface area contributed by atoms with Gasteiger partial charge in [0.2, 0.25) is 0 Å². The summed E-state index contributed by atoms with van der Waals surface area (Å²) in [5.41, 5.74) is 20.9. The van der Waals surface area contributed by atoms with Crippen LogP contribution in [0.4, 0.5) is 0 Å². The Morgan fingerprint density at radius 3 is 2.30 bits per heavy atom. The highest BCUT2D eigenvalue weighted by molar-refractivity contribution is 5.98. The minimum absolute atomic E-state index is 0.236. The van der Waals surface area contributed by atoms with Crippen LogP contribution in [0.25, 0.3) is 0 Å². The number of nitrogens with one attached hydrogen (secondary N) is 4. The van der Waals surface area contributed by atoms with E-state index < -0.39 is 0 Å². The van der Waals surface area contributed by atoms with Gasteiger partial charge in [0.1, 0.15) is 0 Å². The van der Waals surface area contributed by atoms with Crippen LogP contribution in [0.1, 0.15) is 13.3 Å². The molecule has 3 heterocycles. The highest BCUT2D eigenvalue weighted by Gasteiger charge is 2.31. The summed E-state index contributed by atoms with van der Waals surface area (Å²) in [5.74, 6) is 1.76. The standard InChI is InChI=1S/C9H15N9O2/c1-2-3-18-9(5-7(11)17-20-15-5)12-8(13-18)4-6(10)16-19-14-4/h12-15H,2-3H2,1H3,(H2,10,16)(H2,11,17)/b8-4-,9-5-. The average molecular weight is 281 g/mol. The molecule has 0 aromatic rings. The van der Waals surface area contributed by atoms with Gasteiger partial charge in [-0.25, -0.2) is 0 Å². The lowest BCUT2D eigenvalue weighted by molar-refractivity contribution is 0.0881. The maximum atomic E-state index is 5.75. The monoisotopic (exact) mass is 281 g/mol. The zero-order chi connectivity index (χ0) is 14.1. The van der Waals surface area contributed by atoms with Crippen molar-refractivity contribution < 1.29 is 9.88 Å². The van der Waals surface area contributed by atoms with Crippen LogP contribution in [0.2, 0.25) is 0 Å². The van der Waals surface area contributed by atoms with E-state index in [4.69, 9.17) is 21.3 Å². The van der Waals surface area contributed by atoms with Gasteiger partial charge in [-0.2, -0.15) is 11.0 Å². The van der Waals surface area contributed by atoms with E-state index in [0.29, 0.717) is 23.0 Å². The van der Waals surface area contributed by atoms with Gasteiger partial charge in [0.15, 0.2) is 34.7 Å². The molecule has 3 aliphatic heterocycles. The fourth-order valence-corrected chi connectivity index (χ4v) is 1.89. The van der Waals surface area contributed by atoms with Gasteiger partial charge in [-0.15, -0.1) is 0 Å². The zero-order valence-corrected chi connectivity index (χ0v) is 10.7. The van der Waals surface area contributed by atoms with Gasteiger partial charge in [0.05, 0.1) is 0 Å². The molecule has 1 fully saturated rings. The van der Waals surface area contributed by atoms with Gasteiger partial charge in [-0.05, 0) is 16.7 Å². The fraction of sp³-hybridized carbons (Fsp3) is 0.333. The second-order valence-corrected chi connectivity index (χ2v) is 4.20. The SMILES string of the molecule is CCCN1N/C(=C2\NON=C2N)N/C1=C1/NON=C1N. The second kappa shape index (κ2) is 4.60. The lowest BCUT2D eigenvalue weighted by Crippen LogP contribution is -2.34. The number of nitrogens with two attached hydrogens (primary N) is 2. The molecule has 0 unspecified atom stereocenters. The lowest BCUT2D eigenvalue weighted by Gasteiger charge is -2.18. The summed E-state index contributed by atoms with van der Waals surface area (Å²) in [7, 11) is 0. The minimum atomic E-state index is 0.236. The van der Waals surface area contributed by atoms with Crippen LogP contribution < -0.4 is 33.2 Å². The van der Waals surface area contributed by atoms with E-state index in [9.17, 15) is 0 Å². The predicted octanol–water partition coefficient (Wildman–Crippen LogP) is -2.24. The summed E-state index contributed by atoms with van der Waals surface area (Å²) in [4.78, 5) is 9.46. The highest BCUT2D eigenvalue weighted by Crippen LogP contribution is 2.18. The third-order valence-electron chi connectivity index (χ3n) is 2.79. The maximum Gasteiger partial charge on any atom is 0.196 e. The molecular weight excluding hydrogens is 266 g/mol. The first-order chi connectivity index (χ1) is 9.70. The number of hydrogen-bond donors (Lipinski definition) is 6. The lowest BCUT2D eigenvalue weighted by atomic mass is 10.3. The molecule has 0 saturated carbocycles. The third-order valence-corrected chi connectivity index (χ3v) is 2.79. The van der Waals surface area contributed by atoms with Crippen molar-refractivity contribution >= 4 is 11.7 Å². The maximum absolute atomic E-state index is 5.75. The smallest absolute Gasteiger partial charge is 0.196 e. The quantitative estimate of drug-likeness (QED) is 0.330. The number of hydrogen-bond acceptors (Lipinski definition) is 11. The molecule has 11 heteroatoms. The summed E-state index contributed by atoms with van der Waals surface area (Å²) in [6.07, 6.45) is 0.916. The average Bonchev–Trinajstić information content (AvgIpc) is 3.10. The topological polar surface area (TPSA) is 147 Å². The molecular formula is C9H15N9O2. The summed E-state index contributed by atoms with van der Waals surface area (Å²) in [5, 5.41) is 12.2. The van der Waals surface area contributed by atoms with Crippen molar-refractivity contribution in [1.29, 1.82) is 0 Å². The second-order valence-electron chi connectivity index (χ2n) is 4.20. The van der Waals surface area contributed by atoms with Crippen molar-refractivity contribution in [1.82, 2.24) is 26.7 Å². The van der Waals surface area contributed by atoms with Crippen molar-refractivity contribution in [2.45, 2.75) is 13.3 Å². The molecule has 108 valence electrons. The molecule has 11 nitrogen and oxygen atoms in total. The molecule has 0 aromatic carbocycles. The van der Waals surface area contributed by atoms with Crippen molar-refractivity contribution in [2.75, 3.05) is 6.54 Å². The Labute approximate surface area is 114 Å². The van der Waals surface area contributed by atoms with Crippen molar-refractivity contribution in [3.05, 3.63) is 23.0 Å². The van der Waals surface area contributed by atoms with E-state index in [2.05, 4.69) is 38.9 Å². The fourth-order valence-electron chi connectivity index (χ4n) is 1.89. The molecule has 3 rings (SSSR count). The van der Waals surface area contributed by atoms with Crippen LogP contribution in [-0.2, 0) is 9.88 Å². The Balaban J connectivity index is 1.95. The summed E-state index contributed by atoms with van der Waals surface area (Å²) >= 11 is 0. The molecule has 0 spiro atoms. The van der Waals surface area contributed by atoms with E-state index in [-0.39, 0.29) is 11.7 Å². The Kier molecular flexibility index (Phi) is 2.78. The molecule has 0 aliphatic carbocycles. The molecule has 0 amide bonds. The zero-order valence-electron chi connectivity index (χ0n) is 10.7. The normalized spacial score (nSPS) is 27.8. The first kappa shape index (κ1) is 12.1. The number of hydroxylamine groups is 2. The molecule has 1 saturated heterocycles. The van der Waals surface area contributed by atoms with Crippen molar-refractivity contribution in [2.24, 2.45) is 21.8 Å². The number of oxime groups is 2. The molecule has 20 heavy (non-hydrogen) atoms. The van der Waals surface area contributed by atoms with Crippen LogP contribution in [-0.4, -0.2) is 23.2 Å². The largest absolute Gasteiger partial charge is 0.379 e. The summed E-state index contributed by atoms with van der Waals surface area (Å²) in [6, 6.07) is 0. The van der Waals surface area contributed by atoms with Gasteiger partial charge in [0.25, 0.3) is 0 Å². The van der Waals surface area contributed by atoms with E-state index in [1.54, 1.807) is 0 Å². The molecule has 0 atom stereocenters. The summed E-state index contributed by atoms with van der Waals surface area (Å²) < 4.78 is 0. The first-order valence-corrected chi connectivity index (χ1v) is 6.02. The van der Waals surface area contributed by atoms with Gasteiger partial charge < -0.3 is 16.8 Å². The van der Waals surface area contributed by atoms with Gasteiger partial charge >= 0.3 is 0 Å². The molecule has 0 bridgehead atoms. The van der Waals surface area contributed by atoms with Crippen molar-refractivity contribution in [3.8, 4) is 0 Å². The number of amidine groups is 2. The first-order valence-electron chi connectivity index (χ1n) is 6.02. The van der Waals surface area contributed by atoms with Crippen LogP contribution >= 0.6 is 0 Å². The Morgan fingerprint density at radius 2 is 1.75 bits per heavy atom. The van der Waals surface area contributed by atoms with E-state index in [0.717, 1.165) is 13.0 Å². The number of rotatable bonds is 2. The highest BCUT2D eigenvalue weighted by atomic mass is 16.8. The molecule has 0 radical (unpaired) electrons.